The van der Waals surface area contributed by atoms with Gasteiger partial charge in [0.1, 0.15) is 5.82 Å². The van der Waals surface area contributed by atoms with E-state index in [4.69, 9.17) is 0 Å². The van der Waals surface area contributed by atoms with Crippen LogP contribution >= 0.6 is 0 Å². The first-order valence-electron chi connectivity index (χ1n) is 10.0. The second-order valence-corrected chi connectivity index (χ2v) is 7.59. The highest BCUT2D eigenvalue weighted by atomic mass is 16.2. The molecule has 0 bridgehead atoms. The summed E-state index contributed by atoms with van der Waals surface area (Å²) in [4.78, 5) is 28.6. The van der Waals surface area contributed by atoms with Crippen molar-refractivity contribution in [3.8, 4) is 0 Å². The van der Waals surface area contributed by atoms with Crippen molar-refractivity contribution in [2.24, 2.45) is 0 Å². The molecule has 0 saturated carbocycles. The molecule has 0 radical (unpaired) electrons. The molecule has 1 saturated heterocycles. The lowest BCUT2D eigenvalue weighted by Gasteiger charge is -2.16. The maximum Gasteiger partial charge on any atom is 0.256 e. The number of carbonyl (C=O) groups excluding carboxylic acids is 2. The maximum atomic E-state index is 12.8. The molecule has 1 aromatic heterocycles. The third-order valence-corrected chi connectivity index (χ3v) is 5.24. The van der Waals surface area contributed by atoms with Gasteiger partial charge in [-0.2, -0.15) is 5.10 Å². The number of hydrogen-bond acceptors (Lipinski definition) is 4. The molecule has 0 atom stereocenters. The number of amides is 2. The highest BCUT2D eigenvalue weighted by molar-refractivity contribution is 6.05. The van der Waals surface area contributed by atoms with E-state index >= 15 is 0 Å². The van der Waals surface area contributed by atoms with E-state index in [2.05, 4.69) is 34.7 Å². The predicted molar refractivity (Wildman–Crippen MR) is 118 cm³/mol. The van der Waals surface area contributed by atoms with E-state index < -0.39 is 0 Å². The molecule has 1 fully saturated rings. The largest absolute Gasteiger partial charge is 0.378 e. The minimum atomic E-state index is -0.229. The van der Waals surface area contributed by atoms with Gasteiger partial charge in [0.15, 0.2) is 0 Å². The molecule has 1 aliphatic rings. The van der Waals surface area contributed by atoms with Crippen LogP contribution in [0.4, 0.5) is 17.2 Å². The van der Waals surface area contributed by atoms with Crippen LogP contribution in [0.2, 0.25) is 0 Å². The lowest BCUT2D eigenvalue weighted by Crippen LogP contribution is -2.24. The van der Waals surface area contributed by atoms with Crippen molar-refractivity contribution in [1.82, 2.24) is 9.78 Å². The zero-order chi connectivity index (χ0) is 21.1. The van der Waals surface area contributed by atoms with Crippen LogP contribution in [0.5, 0.6) is 0 Å². The SMILES string of the molecule is CN(C)c1ccc(Cn2nccc2NC(=O)c2cccc(N3CCCC3=O)c2)cc1. The lowest BCUT2D eigenvalue weighted by molar-refractivity contribution is -0.117. The Morgan fingerprint density at radius 1 is 1.13 bits per heavy atom. The summed E-state index contributed by atoms with van der Waals surface area (Å²) in [6.45, 7) is 1.25. The van der Waals surface area contributed by atoms with E-state index in [1.54, 1.807) is 40.0 Å². The standard InChI is InChI=1S/C23H25N5O2/c1-26(2)19-10-8-17(9-11-19)16-28-21(12-13-24-28)25-23(30)18-5-3-6-20(15-18)27-14-4-7-22(27)29/h3,5-6,8-13,15H,4,7,14,16H2,1-2H3,(H,25,30). The van der Waals surface area contributed by atoms with Crippen LogP contribution in [0, 0.1) is 0 Å². The summed E-state index contributed by atoms with van der Waals surface area (Å²) in [7, 11) is 4.01. The zero-order valence-corrected chi connectivity index (χ0v) is 17.2. The van der Waals surface area contributed by atoms with Gasteiger partial charge in [0, 0.05) is 50.1 Å². The molecular weight excluding hydrogens is 378 g/mol. The van der Waals surface area contributed by atoms with Crippen molar-refractivity contribution in [3.05, 3.63) is 71.9 Å². The molecule has 7 nitrogen and oxygen atoms in total. The summed E-state index contributed by atoms with van der Waals surface area (Å²) >= 11 is 0. The number of nitrogens with zero attached hydrogens (tertiary/aromatic N) is 4. The first kappa shape index (κ1) is 19.7. The molecule has 1 aliphatic heterocycles. The third kappa shape index (κ3) is 4.20. The van der Waals surface area contributed by atoms with E-state index in [9.17, 15) is 9.59 Å². The highest BCUT2D eigenvalue weighted by Crippen LogP contribution is 2.23. The second kappa shape index (κ2) is 8.41. The molecule has 0 spiro atoms. The van der Waals surface area contributed by atoms with Crippen molar-refractivity contribution >= 4 is 29.0 Å². The van der Waals surface area contributed by atoms with E-state index in [1.165, 1.54) is 0 Å². The summed E-state index contributed by atoms with van der Waals surface area (Å²) < 4.78 is 1.76. The van der Waals surface area contributed by atoms with Gasteiger partial charge in [-0.05, 0) is 42.3 Å². The van der Waals surface area contributed by atoms with Gasteiger partial charge in [0.05, 0.1) is 12.7 Å². The van der Waals surface area contributed by atoms with E-state index in [0.717, 1.165) is 23.4 Å². The molecular formula is C23H25N5O2. The Kier molecular flexibility index (Phi) is 5.52. The summed E-state index contributed by atoms with van der Waals surface area (Å²) in [5, 5.41) is 7.28. The van der Waals surface area contributed by atoms with Crippen molar-refractivity contribution < 1.29 is 9.59 Å². The van der Waals surface area contributed by atoms with Gasteiger partial charge >= 0.3 is 0 Å². The number of aromatic nitrogens is 2. The van der Waals surface area contributed by atoms with Crippen molar-refractivity contribution in [2.45, 2.75) is 19.4 Å². The van der Waals surface area contributed by atoms with Crippen molar-refractivity contribution in [2.75, 3.05) is 35.8 Å². The predicted octanol–water partition coefficient (Wildman–Crippen LogP) is 3.38. The smallest absolute Gasteiger partial charge is 0.256 e. The Hall–Kier alpha value is -3.61. The van der Waals surface area contributed by atoms with Crippen LogP contribution in [0.3, 0.4) is 0 Å². The molecule has 7 heteroatoms. The third-order valence-electron chi connectivity index (χ3n) is 5.24. The first-order valence-corrected chi connectivity index (χ1v) is 10.0. The van der Waals surface area contributed by atoms with Gasteiger partial charge in [-0.1, -0.05) is 18.2 Å². The molecule has 30 heavy (non-hydrogen) atoms. The molecule has 0 unspecified atom stereocenters. The molecule has 1 N–H and O–H groups in total. The number of nitrogens with one attached hydrogen (secondary N) is 1. The van der Waals surface area contributed by atoms with Crippen LogP contribution in [-0.4, -0.2) is 42.2 Å². The van der Waals surface area contributed by atoms with Gasteiger partial charge in [-0.25, -0.2) is 4.68 Å². The van der Waals surface area contributed by atoms with Crippen LogP contribution < -0.4 is 15.1 Å². The Labute approximate surface area is 175 Å². The number of carbonyl (C=O) groups is 2. The summed E-state index contributed by atoms with van der Waals surface area (Å²) in [5.41, 5.74) is 3.49. The number of benzene rings is 2. The zero-order valence-electron chi connectivity index (χ0n) is 17.2. The molecule has 2 amide bonds. The van der Waals surface area contributed by atoms with Gasteiger partial charge in [0.25, 0.3) is 5.91 Å². The summed E-state index contributed by atoms with van der Waals surface area (Å²) in [6, 6.07) is 17.2. The Morgan fingerprint density at radius 2 is 1.93 bits per heavy atom. The molecule has 154 valence electrons. The topological polar surface area (TPSA) is 70.5 Å². The van der Waals surface area contributed by atoms with Crippen molar-refractivity contribution in [1.29, 1.82) is 0 Å². The van der Waals surface area contributed by atoms with E-state index in [1.807, 2.05) is 25.1 Å². The Bertz CT molecular complexity index is 1060. The summed E-state index contributed by atoms with van der Waals surface area (Å²) in [5.74, 6) is 0.499. The lowest BCUT2D eigenvalue weighted by atomic mass is 10.1. The number of anilines is 3. The minimum absolute atomic E-state index is 0.103. The molecule has 2 heterocycles. The quantitative estimate of drug-likeness (QED) is 0.685. The van der Waals surface area contributed by atoms with Gasteiger partial charge in [-0.15, -0.1) is 0 Å². The highest BCUT2D eigenvalue weighted by Gasteiger charge is 2.22. The average molecular weight is 403 g/mol. The van der Waals surface area contributed by atoms with Gasteiger partial charge < -0.3 is 15.1 Å². The summed E-state index contributed by atoms with van der Waals surface area (Å²) in [6.07, 6.45) is 3.08. The van der Waals surface area contributed by atoms with Gasteiger partial charge in [0.2, 0.25) is 5.91 Å². The van der Waals surface area contributed by atoms with Crippen LogP contribution in [0.25, 0.3) is 0 Å². The average Bonchev–Trinajstić information content (AvgIpc) is 3.37. The minimum Gasteiger partial charge on any atom is -0.378 e. The normalized spacial score (nSPS) is 13.5. The molecule has 2 aromatic carbocycles. The molecule has 0 aliphatic carbocycles. The van der Waals surface area contributed by atoms with Crippen LogP contribution in [-0.2, 0) is 11.3 Å². The fraction of sp³-hybridized carbons (Fsp3) is 0.261. The fourth-order valence-corrected chi connectivity index (χ4v) is 3.56. The Morgan fingerprint density at radius 3 is 2.63 bits per heavy atom. The first-order chi connectivity index (χ1) is 14.5. The van der Waals surface area contributed by atoms with Crippen LogP contribution in [0.15, 0.2) is 60.8 Å². The van der Waals surface area contributed by atoms with Crippen LogP contribution in [0.1, 0.15) is 28.8 Å². The molecule has 3 aromatic rings. The number of rotatable bonds is 6. The maximum absolute atomic E-state index is 12.8. The fourth-order valence-electron chi connectivity index (χ4n) is 3.56. The number of hydrogen-bond donors (Lipinski definition) is 1. The molecule has 4 rings (SSSR count). The van der Waals surface area contributed by atoms with Gasteiger partial charge in [-0.3, -0.25) is 9.59 Å². The van der Waals surface area contributed by atoms with Crippen molar-refractivity contribution in [3.63, 3.8) is 0 Å². The monoisotopic (exact) mass is 403 g/mol. The Balaban J connectivity index is 1.47. The second-order valence-electron chi connectivity index (χ2n) is 7.59. The van der Waals surface area contributed by atoms with E-state index in [-0.39, 0.29) is 11.8 Å². The van der Waals surface area contributed by atoms with E-state index in [0.29, 0.717) is 30.9 Å².